The van der Waals surface area contributed by atoms with E-state index in [9.17, 15) is 9.18 Å². The van der Waals surface area contributed by atoms with Gasteiger partial charge in [-0.25, -0.2) is 4.98 Å². The Morgan fingerprint density at radius 3 is 2.96 bits per heavy atom. The number of alkyl halides is 1. The van der Waals surface area contributed by atoms with Gasteiger partial charge < -0.3 is 9.72 Å². The summed E-state index contributed by atoms with van der Waals surface area (Å²) in [6.07, 6.45) is 0.806. The van der Waals surface area contributed by atoms with E-state index in [4.69, 9.17) is 4.74 Å². The highest BCUT2D eigenvalue weighted by molar-refractivity contribution is 7.99. The SMILES string of the molecule is CCc1sc2nc(SCCF)[nH]c(=O)c2c1-c1cccc(OC)c1. The van der Waals surface area contributed by atoms with E-state index in [2.05, 4.69) is 16.9 Å². The van der Waals surface area contributed by atoms with Gasteiger partial charge >= 0.3 is 0 Å². The van der Waals surface area contributed by atoms with Crippen molar-refractivity contribution in [3.63, 3.8) is 0 Å². The molecule has 0 amide bonds. The first-order valence-corrected chi connectivity index (χ1v) is 9.37. The van der Waals surface area contributed by atoms with Crippen molar-refractivity contribution in [1.82, 2.24) is 9.97 Å². The number of benzene rings is 1. The third-order valence-corrected chi connectivity index (χ3v) is 5.66. The average molecular weight is 364 g/mol. The molecule has 0 saturated carbocycles. The van der Waals surface area contributed by atoms with Crippen molar-refractivity contribution >= 4 is 33.3 Å². The van der Waals surface area contributed by atoms with Crippen LogP contribution in [0.25, 0.3) is 21.3 Å². The van der Waals surface area contributed by atoms with E-state index >= 15 is 0 Å². The minimum absolute atomic E-state index is 0.185. The predicted molar refractivity (Wildman–Crippen MR) is 98.3 cm³/mol. The molecular formula is C17H17FN2O2S2. The second-order valence-corrected chi connectivity index (χ2v) is 7.24. The number of thiophene rings is 1. The van der Waals surface area contributed by atoms with E-state index < -0.39 is 6.67 Å². The fraction of sp³-hybridized carbons (Fsp3) is 0.294. The van der Waals surface area contributed by atoms with Crippen LogP contribution in [0.5, 0.6) is 5.75 Å². The molecule has 0 aliphatic carbocycles. The van der Waals surface area contributed by atoms with Gasteiger partial charge in [0.1, 0.15) is 10.6 Å². The molecule has 0 unspecified atom stereocenters. The van der Waals surface area contributed by atoms with Crippen LogP contribution in [0, 0.1) is 0 Å². The van der Waals surface area contributed by atoms with E-state index in [0.29, 0.717) is 15.4 Å². The number of thioether (sulfide) groups is 1. The third kappa shape index (κ3) is 3.18. The van der Waals surface area contributed by atoms with E-state index in [-0.39, 0.29) is 11.3 Å². The second kappa shape index (κ2) is 7.36. The number of H-pyrrole nitrogens is 1. The first-order chi connectivity index (χ1) is 11.7. The quantitative estimate of drug-likeness (QED) is 0.524. The number of fused-ring (bicyclic) bond motifs is 1. The molecule has 126 valence electrons. The topological polar surface area (TPSA) is 55.0 Å². The number of nitrogens with zero attached hydrogens (tertiary/aromatic N) is 1. The molecule has 0 bridgehead atoms. The van der Waals surface area contributed by atoms with E-state index in [1.54, 1.807) is 7.11 Å². The van der Waals surface area contributed by atoms with Crippen LogP contribution >= 0.6 is 23.1 Å². The second-order valence-electron chi connectivity index (χ2n) is 5.07. The Morgan fingerprint density at radius 1 is 1.42 bits per heavy atom. The Balaban J connectivity index is 2.21. The predicted octanol–water partition coefficient (Wildman–Crippen LogP) is 4.28. The minimum atomic E-state index is -0.452. The number of nitrogens with one attached hydrogen (secondary N) is 1. The molecule has 3 rings (SSSR count). The van der Waals surface area contributed by atoms with Gasteiger partial charge in [0, 0.05) is 16.2 Å². The summed E-state index contributed by atoms with van der Waals surface area (Å²) in [4.78, 5) is 21.7. The Hall–Kier alpha value is -1.86. The Morgan fingerprint density at radius 2 is 2.25 bits per heavy atom. The van der Waals surface area contributed by atoms with Crippen LogP contribution in [0.2, 0.25) is 0 Å². The summed E-state index contributed by atoms with van der Waals surface area (Å²) in [7, 11) is 1.62. The smallest absolute Gasteiger partial charge is 0.260 e. The van der Waals surface area contributed by atoms with Crippen LogP contribution < -0.4 is 10.3 Å². The largest absolute Gasteiger partial charge is 0.497 e. The van der Waals surface area contributed by atoms with Crippen molar-refractivity contribution in [3.05, 3.63) is 39.5 Å². The molecule has 0 spiro atoms. The lowest BCUT2D eigenvalue weighted by atomic mass is 10.0. The van der Waals surface area contributed by atoms with Crippen molar-refractivity contribution in [1.29, 1.82) is 0 Å². The number of halogens is 1. The highest BCUT2D eigenvalue weighted by Crippen LogP contribution is 2.38. The lowest BCUT2D eigenvalue weighted by Gasteiger charge is -2.06. The lowest BCUT2D eigenvalue weighted by Crippen LogP contribution is -2.09. The van der Waals surface area contributed by atoms with E-state index in [1.165, 1.54) is 23.1 Å². The van der Waals surface area contributed by atoms with Crippen molar-refractivity contribution in [3.8, 4) is 16.9 Å². The Labute approximate surface area is 147 Å². The highest BCUT2D eigenvalue weighted by Gasteiger charge is 2.18. The molecule has 0 fully saturated rings. The monoisotopic (exact) mass is 364 g/mol. The molecule has 4 nitrogen and oxygen atoms in total. The molecule has 1 N–H and O–H groups in total. The molecule has 0 aliphatic rings. The van der Waals surface area contributed by atoms with Crippen molar-refractivity contribution in [2.24, 2.45) is 0 Å². The number of ether oxygens (including phenoxy) is 1. The number of hydrogen-bond acceptors (Lipinski definition) is 5. The van der Waals surface area contributed by atoms with E-state index in [0.717, 1.165) is 28.2 Å². The molecule has 0 radical (unpaired) electrons. The van der Waals surface area contributed by atoms with Gasteiger partial charge in [-0.2, -0.15) is 0 Å². The third-order valence-electron chi connectivity index (χ3n) is 3.61. The van der Waals surface area contributed by atoms with Crippen LogP contribution in [0.15, 0.2) is 34.2 Å². The maximum atomic E-state index is 12.6. The van der Waals surface area contributed by atoms with Gasteiger partial charge in [0.2, 0.25) is 0 Å². The zero-order chi connectivity index (χ0) is 17.1. The Bertz CT molecular complexity index is 921. The molecule has 7 heteroatoms. The van der Waals surface area contributed by atoms with Gasteiger partial charge in [0.05, 0.1) is 19.2 Å². The summed E-state index contributed by atoms with van der Waals surface area (Å²) in [5.41, 5.74) is 1.66. The first-order valence-electron chi connectivity index (χ1n) is 7.56. The van der Waals surface area contributed by atoms with Crippen molar-refractivity contribution in [2.45, 2.75) is 18.5 Å². The van der Waals surface area contributed by atoms with Gasteiger partial charge in [-0.3, -0.25) is 9.18 Å². The summed E-state index contributed by atoms with van der Waals surface area (Å²) < 4.78 is 17.7. The maximum Gasteiger partial charge on any atom is 0.260 e. The van der Waals surface area contributed by atoms with Crippen molar-refractivity contribution in [2.75, 3.05) is 19.5 Å². The molecule has 0 atom stereocenters. The normalized spacial score (nSPS) is 11.1. The van der Waals surface area contributed by atoms with Crippen LogP contribution in [-0.2, 0) is 6.42 Å². The molecular weight excluding hydrogens is 347 g/mol. The van der Waals surface area contributed by atoms with Crippen molar-refractivity contribution < 1.29 is 9.13 Å². The van der Waals surface area contributed by atoms with Gasteiger partial charge in [-0.05, 0) is 24.1 Å². The molecule has 0 aliphatic heterocycles. The number of rotatable bonds is 6. The number of methoxy groups -OCH3 is 1. The molecule has 0 saturated heterocycles. The van der Waals surface area contributed by atoms with Crippen LogP contribution in [0.3, 0.4) is 0 Å². The van der Waals surface area contributed by atoms with Gasteiger partial charge in [-0.1, -0.05) is 30.8 Å². The van der Waals surface area contributed by atoms with Gasteiger partial charge in [-0.15, -0.1) is 11.3 Å². The fourth-order valence-corrected chi connectivity index (χ4v) is 4.35. The molecule has 2 aromatic heterocycles. The maximum absolute atomic E-state index is 12.6. The standard InChI is InChI=1S/C17H17FN2O2S2/c1-3-12-13(10-5-4-6-11(9-10)22-2)14-15(21)19-17(23-8-7-18)20-16(14)24-12/h4-6,9H,3,7-8H2,1-2H3,(H,19,20,21). The zero-order valence-electron chi connectivity index (χ0n) is 13.4. The summed E-state index contributed by atoms with van der Waals surface area (Å²) in [6, 6.07) is 7.67. The fourth-order valence-electron chi connectivity index (χ4n) is 2.57. The summed E-state index contributed by atoms with van der Waals surface area (Å²) in [5, 5.41) is 1.06. The zero-order valence-corrected chi connectivity index (χ0v) is 15.0. The highest BCUT2D eigenvalue weighted by atomic mass is 32.2. The first kappa shape index (κ1) is 17.0. The number of hydrogen-bond donors (Lipinski definition) is 1. The molecule has 2 heterocycles. The van der Waals surface area contributed by atoms with Crippen LogP contribution in [0.4, 0.5) is 4.39 Å². The molecule has 1 aromatic carbocycles. The lowest BCUT2D eigenvalue weighted by molar-refractivity contribution is 0.415. The number of aromatic nitrogens is 2. The minimum Gasteiger partial charge on any atom is -0.497 e. The summed E-state index contributed by atoms with van der Waals surface area (Å²) >= 11 is 2.73. The van der Waals surface area contributed by atoms with Crippen LogP contribution in [-0.4, -0.2) is 29.5 Å². The van der Waals surface area contributed by atoms with Gasteiger partial charge in [0.15, 0.2) is 5.16 Å². The molecule has 24 heavy (non-hydrogen) atoms. The van der Waals surface area contributed by atoms with Gasteiger partial charge in [0.25, 0.3) is 5.56 Å². The summed E-state index contributed by atoms with van der Waals surface area (Å²) in [6.45, 7) is 1.60. The molecule has 3 aromatic rings. The number of aryl methyl sites for hydroxylation is 1. The van der Waals surface area contributed by atoms with E-state index in [1.807, 2.05) is 24.3 Å². The Kier molecular flexibility index (Phi) is 5.20. The summed E-state index contributed by atoms with van der Waals surface area (Å²) in [5.74, 6) is 1.02. The average Bonchev–Trinajstić information content (AvgIpc) is 2.99. The van der Waals surface area contributed by atoms with Crippen LogP contribution in [0.1, 0.15) is 11.8 Å². The number of aromatic amines is 1.